The number of aliphatic hydroxyl groups is 1. The number of ether oxygens (including phenoxy) is 3. The number of piperidine rings is 1. The molecule has 2 N–H and O–H groups in total. The van der Waals surface area contributed by atoms with E-state index in [0.717, 1.165) is 37.2 Å². The summed E-state index contributed by atoms with van der Waals surface area (Å²) in [6.45, 7) is 1.46. The fraction of sp³-hybridized carbons (Fsp3) is 0.636. The average Bonchev–Trinajstić information content (AvgIpc) is 3.12. The van der Waals surface area contributed by atoms with Crippen LogP contribution in [0.4, 0.5) is 5.69 Å². The molecule has 0 aliphatic carbocycles. The lowest BCUT2D eigenvalue weighted by molar-refractivity contribution is -0.149. The van der Waals surface area contributed by atoms with Gasteiger partial charge in [0, 0.05) is 37.4 Å². The van der Waals surface area contributed by atoms with Crippen molar-refractivity contribution < 1.29 is 28.9 Å². The van der Waals surface area contributed by atoms with Crippen LogP contribution in [-0.4, -0.2) is 73.5 Å². The van der Waals surface area contributed by atoms with Gasteiger partial charge in [-0.25, -0.2) is 0 Å². The fourth-order valence-corrected chi connectivity index (χ4v) is 4.76. The van der Waals surface area contributed by atoms with Crippen molar-refractivity contribution in [1.82, 2.24) is 4.90 Å². The Morgan fingerprint density at radius 2 is 2.07 bits per heavy atom. The minimum atomic E-state index is -0.484. The van der Waals surface area contributed by atoms with E-state index in [9.17, 15) is 14.7 Å². The molecule has 8 heteroatoms. The molecule has 2 amide bonds. The first kappa shape index (κ1) is 21.1. The molecular weight excluding hydrogens is 388 g/mol. The Morgan fingerprint density at radius 3 is 2.80 bits per heavy atom. The highest BCUT2D eigenvalue weighted by molar-refractivity contribution is 5.92. The van der Waals surface area contributed by atoms with Crippen molar-refractivity contribution in [3.8, 4) is 5.75 Å². The summed E-state index contributed by atoms with van der Waals surface area (Å²) in [6, 6.07) is 5.53. The van der Waals surface area contributed by atoms with Gasteiger partial charge in [-0.05, 0) is 43.9 Å². The third-order valence-corrected chi connectivity index (χ3v) is 6.17. The Hall–Kier alpha value is -2.16. The summed E-state index contributed by atoms with van der Waals surface area (Å²) in [5.41, 5.74) is 1.65. The second kappa shape index (κ2) is 9.32. The number of anilines is 1. The highest BCUT2D eigenvalue weighted by Gasteiger charge is 2.46. The molecule has 8 nitrogen and oxygen atoms in total. The molecule has 4 rings (SSSR count). The molecule has 0 spiro atoms. The first-order chi connectivity index (χ1) is 14.6. The number of benzene rings is 1. The van der Waals surface area contributed by atoms with E-state index in [1.165, 1.54) is 13.5 Å². The van der Waals surface area contributed by atoms with Crippen LogP contribution in [0.3, 0.4) is 0 Å². The number of amides is 2. The molecule has 164 valence electrons. The zero-order chi connectivity index (χ0) is 21.1. The molecule has 0 unspecified atom stereocenters. The van der Waals surface area contributed by atoms with Crippen molar-refractivity contribution in [3.05, 3.63) is 23.8 Å². The van der Waals surface area contributed by atoms with Crippen molar-refractivity contribution >= 4 is 17.5 Å². The molecule has 3 aliphatic rings. The molecule has 4 atom stereocenters. The molecule has 3 aliphatic heterocycles. The highest BCUT2D eigenvalue weighted by atomic mass is 16.6. The number of hydrogen-bond acceptors (Lipinski definition) is 6. The second-order valence-electron chi connectivity index (χ2n) is 8.28. The minimum absolute atomic E-state index is 0.00401. The first-order valence-electron chi connectivity index (χ1n) is 10.7. The van der Waals surface area contributed by atoms with Gasteiger partial charge in [-0.3, -0.25) is 9.59 Å². The lowest BCUT2D eigenvalue weighted by Gasteiger charge is -2.38. The van der Waals surface area contributed by atoms with Crippen LogP contribution < -0.4 is 10.1 Å². The van der Waals surface area contributed by atoms with E-state index in [4.69, 9.17) is 14.2 Å². The van der Waals surface area contributed by atoms with Gasteiger partial charge >= 0.3 is 0 Å². The van der Waals surface area contributed by atoms with Gasteiger partial charge in [-0.1, -0.05) is 0 Å². The lowest BCUT2D eigenvalue weighted by Crippen LogP contribution is -2.48. The number of nitrogens with zero attached hydrogens (tertiary/aromatic N) is 1. The van der Waals surface area contributed by atoms with E-state index >= 15 is 0 Å². The van der Waals surface area contributed by atoms with E-state index in [1.807, 2.05) is 17.0 Å². The first-order valence-corrected chi connectivity index (χ1v) is 10.7. The summed E-state index contributed by atoms with van der Waals surface area (Å²) in [4.78, 5) is 26.5. The molecule has 0 aromatic heterocycles. The second-order valence-corrected chi connectivity index (χ2v) is 8.28. The Morgan fingerprint density at radius 1 is 1.27 bits per heavy atom. The van der Waals surface area contributed by atoms with Crippen LogP contribution in [0.1, 0.15) is 43.6 Å². The quantitative estimate of drug-likeness (QED) is 0.729. The third-order valence-electron chi connectivity index (χ3n) is 6.17. The van der Waals surface area contributed by atoms with Crippen LogP contribution in [0.2, 0.25) is 0 Å². The molecule has 0 radical (unpaired) electrons. The molecule has 2 fully saturated rings. The number of fused-ring (bicyclic) bond motifs is 3. The molecule has 30 heavy (non-hydrogen) atoms. The van der Waals surface area contributed by atoms with Crippen molar-refractivity contribution in [2.75, 3.05) is 38.7 Å². The van der Waals surface area contributed by atoms with Crippen LogP contribution in [0.25, 0.3) is 0 Å². The van der Waals surface area contributed by atoms with Crippen molar-refractivity contribution in [3.63, 3.8) is 0 Å². The van der Waals surface area contributed by atoms with Crippen LogP contribution in [-0.2, 0) is 19.1 Å². The van der Waals surface area contributed by atoms with E-state index < -0.39 is 6.10 Å². The minimum Gasteiger partial charge on any atom is -0.487 e. The standard InChI is InChI=1S/C22H30N2O6/c1-28-13-20(26)23-14-5-6-18-16(9-14)17-10-15(29-19(12-25)22(17)30-18)11-21(27)24-7-3-2-4-8-24/h5-6,9,15,17,19,22,25H,2-4,7-8,10-13H2,1H3,(H,23,26)/t15-,17+,19-,22-/m1/s1. The number of carbonyl (C=O) groups excluding carboxylic acids is 2. The van der Waals surface area contributed by atoms with Crippen LogP contribution in [0.5, 0.6) is 5.75 Å². The SMILES string of the molecule is COCC(=O)Nc1ccc2c(c1)[C@@H]1C[C@H](CC(=O)N3CCCCC3)O[C@H](CO)[C@@H]1O2. The molecular formula is C22H30N2O6. The largest absolute Gasteiger partial charge is 0.487 e. The van der Waals surface area contributed by atoms with Crippen LogP contribution in [0.15, 0.2) is 18.2 Å². The number of hydrogen-bond donors (Lipinski definition) is 2. The number of rotatable bonds is 6. The topological polar surface area (TPSA) is 97.3 Å². The van der Waals surface area contributed by atoms with Crippen LogP contribution in [0, 0.1) is 0 Å². The van der Waals surface area contributed by atoms with Gasteiger partial charge in [0.1, 0.15) is 24.6 Å². The monoisotopic (exact) mass is 418 g/mol. The highest BCUT2D eigenvalue weighted by Crippen LogP contribution is 2.47. The maximum Gasteiger partial charge on any atom is 0.250 e. The summed E-state index contributed by atoms with van der Waals surface area (Å²) < 4.78 is 17.0. The maximum atomic E-state index is 12.7. The Kier molecular flexibility index (Phi) is 6.55. The zero-order valence-electron chi connectivity index (χ0n) is 17.3. The summed E-state index contributed by atoms with van der Waals surface area (Å²) >= 11 is 0. The normalized spacial score (nSPS) is 27.7. The number of methoxy groups -OCH3 is 1. The molecule has 2 saturated heterocycles. The zero-order valence-corrected chi connectivity index (χ0v) is 17.3. The fourth-order valence-electron chi connectivity index (χ4n) is 4.76. The Bertz CT molecular complexity index is 779. The Labute approximate surface area is 176 Å². The predicted molar refractivity (Wildman–Crippen MR) is 110 cm³/mol. The van der Waals surface area contributed by atoms with E-state index in [1.54, 1.807) is 6.07 Å². The average molecular weight is 418 g/mol. The van der Waals surface area contributed by atoms with Gasteiger partial charge in [0.15, 0.2) is 0 Å². The van der Waals surface area contributed by atoms with Gasteiger partial charge in [-0.15, -0.1) is 0 Å². The summed E-state index contributed by atoms with van der Waals surface area (Å²) in [5.74, 6) is 0.636. The smallest absolute Gasteiger partial charge is 0.250 e. The summed E-state index contributed by atoms with van der Waals surface area (Å²) in [6.07, 6.45) is 3.21. The van der Waals surface area contributed by atoms with E-state index in [0.29, 0.717) is 18.5 Å². The molecule has 1 aromatic carbocycles. The molecule has 0 bridgehead atoms. The maximum absolute atomic E-state index is 12.7. The van der Waals surface area contributed by atoms with Gasteiger partial charge in [0.05, 0.1) is 19.1 Å². The molecule has 0 saturated carbocycles. The van der Waals surface area contributed by atoms with Gasteiger partial charge in [0.2, 0.25) is 11.8 Å². The number of aliphatic hydroxyl groups excluding tert-OH is 1. The van der Waals surface area contributed by atoms with Crippen molar-refractivity contribution in [2.24, 2.45) is 0 Å². The number of nitrogens with one attached hydrogen (secondary N) is 1. The lowest BCUT2D eigenvalue weighted by atomic mass is 9.84. The van der Waals surface area contributed by atoms with Crippen molar-refractivity contribution in [2.45, 2.75) is 56.3 Å². The van der Waals surface area contributed by atoms with E-state index in [-0.39, 0.29) is 43.2 Å². The molecule has 1 aromatic rings. The van der Waals surface area contributed by atoms with Crippen LogP contribution >= 0.6 is 0 Å². The number of likely N-dealkylation sites (tertiary alicyclic amines) is 1. The summed E-state index contributed by atoms with van der Waals surface area (Å²) in [5, 5.41) is 12.7. The number of carbonyl (C=O) groups is 2. The van der Waals surface area contributed by atoms with Gasteiger partial charge in [-0.2, -0.15) is 0 Å². The van der Waals surface area contributed by atoms with Crippen molar-refractivity contribution in [1.29, 1.82) is 0 Å². The van der Waals surface area contributed by atoms with E-state index in [2.05, 4.69) is 5.32 Å². The third kappa shape index (κ3) is 4.45. The summed E-state index contributed by atoms with van der Waals surface area (Å²) in [7, 11) is 1.48. The Balaban J connectivity index is 1.48. The predicted octanol–water partition coefficient (Wildman–Crippen LogP) is 1.67. The molecule has 3 heterocycles. The van der Waals surface area contributed by atoms with Gasteiger partial charge < -0.3 is 29.5 Å². The van der Waals surface area contributed by atoms with Gasteiger partial charge in [0.25, 0.3) is 0 Å².